The average molecular weight is 347 g/mol. The van der Waals surface area contributed by atoms with Crippen molar-refractivity contribution in [3.8, 4) is 0 Å². The number of anilines is 2. The molecule has 0 heterocycles. The molecule has 2 rings (SSSR count). The van der Waals surface area contributed by atoms with E-state index in [1.54, 1.807) is 25.1 Å². The molecule has 0 saturated heterocycles. The zero-order valence-electron chi connectivity index (χ0n) is 14.7. The van der Waals surface area contributed by atoms with E-state index in [9.17, 15) is 14.5 Å². The van der Waals surface area contributed by atoms with Crippen molar-refractivity contribution in [1.82, 2.24) is 5.32 Å². The molecule has 0 aliphatic heterocycles. The topological polar surface area (TPSA) is 117 Å². The highest BCUT2D eigenvalue weighted by Gasteiger charge is 2.22. The fourth-order valence-corrected chi connectivity index (χ4v) is 3.18. The van der Waals surface area contributed by atoms with Gasteiger partial charge in [-0.3, -0.25) is 9.59 Å². The van der Waals surface area contributed by atoms with Gasteiger partial charge in [0.25, 0.3) is 5.91 Å². The van der Waals surface area contributed by atoms with Crippen LogP contribution in [0.4, 0.5) is 17.1 Å². The van der Waals surface area contributed by atoms with Crippen LogP contribution in [-0.4, -0.2) is 38.5 Å². The number of amides is 2. The van der Waals surface area contributed by atoms with Gasteiger partial charge in [0.1, 0.15) is 5.69 Å². The lowest BCUT2D eigenvalue weighted by Gasteiger charge is -2.25. The highest BCUT2D eigenvalue weighted by atomic mass is 16.3. The molecule has 1 aromatic rings. The van der Waals surface area contributed by atoms with E-state index in [2.05, 4.69) is 15.8 Å². The molecule has 1 fully saturated rings. The van der Waals surface area contributed by atoms with Crippen molar-refractivity contribution in [2.75, 3.05) is 30.9 Å². The first-order valence-corrected chi connectivity index (χ1v) is 8.45. The lowest BCUT2D eigenvalue weighted by Crippen LogP contribution is -2.38. The van der Waals surface area contributed by atoms with Gasteiger partial charge in [0.2, 0.25) is 5.91 Å². The number of nitrogens with two attached hydrogens (primary N) is 1. The molecule has 1 aliphatic rings. The molecule has 0 spiro atoms. The van der Waals surface area contributed by atoms with Crippen LogP contribution < -0.4 is 21.3 Å². The zero-order chi connectivity index (χ0) is 18.4. The normalized spacial score (nSPS) is 14.6. The van der Waals surface area contributed by atoms with E-state index >= 15 is 0 Å². The average Bonchev–Trinajstić information content (AvgIpc) is 2.60. The van der Waals surface area contributed by atoms with Crippen LogP contribution >= 0.6 is 0 Å². The summed E-state index contributed by atoms with van der Waals surface area (Å²) in [7, 11) is 3.33. The maximum absolute atomic E-state index is 12.8. The molecule has 0 atom stereocenters. The van der Waals surface area contributed by atoms with Crippen molar-refractivity contribution in [2.24, 2.45) is 10.9 Å². The Balaban J connectivity index is 2.36. The first-order chi connectivity index (χ1) is 12.0. The third kappa shape index (κ3) is 4.68. The Hall–Kier alpha value is -2.64. The molecule has 1 saturated carbocycles. The smallest absolute Gasteiger partial charge is 0.253 e. The lowest BCUT2D eigenvalue weighted by molar-refractivity contribution is -0.116. The zero-order valence-corrected chi connectivity index (χ0v) is 14.7. The molecule has 0 bridgehead atoms. The molecule has 4 N–H and O–H groups in total. The van der Waals surface area contributed by atoms with Crippen molar-refractivity contribution in [1.29, 1.82) is 0 Å². The van der Waals surface area contributed by atoms with E-state index in [1.807, 2.05) is 0 Å². The van der Waals surface area contributed by atoms with Crippen LogP contribution in [-0.2, 0) is 4.79 Å². The number of likely N-dealkylation sites (N-methyl/N-ethyl adjacent to an activating group) is 1. The summed E-state index contributed by atoms with van der Waals surface area (Å²) in [6.45, 7) is -0.0409. The quantitative estimate of drug-likeness (QED) is 0.653. The highest BCUT2D eigenvalue weighted by Crippen LogP contribution is 2.33. The number of hydrogen-bond donors (Lipinski definition) is 3. The van der Waals surface area contributed by atoms with Gasteiger partial charge in [0.15, 0.2) is 0 Å². The molecule has 8 nitrogen and oxygen atoms in total. The van der Waals surface area contributed by atoms with Crippen LogP contribution in [0, 0.1) is 4.91 Å². The maximum atomic E-state index is 12.8. The van der Waals surface area contributed by atoms with Crippen molar-refractivity contribution < 1.29 is 9.59 Å². The molecule has 1 aromatic carbocycles. The predicted molar refractivity (Wildman–Crippen MR) is 98.2 cm³/mol. The van der Waals surface area contributed by atoms with E-state index < -0.39 is 5.91 Å². The SMILES string of the molecule is CNc1cc(N(C)CC(N)=O)c(C(=O)NC2CCCCC2)cc1N=O. The Kier molecular flexibility index (Phi) is 6.32. The number of nitroso groups, excluding NO2 is 1. The number of primary amides is 1. The van der Waals surface area contributed by atoms with Gasteiger partial charge in [-0.25, -0.2) is 0 Å². The van der Waals surface area contributed by atoms with E-state index in [-0.39, 0.29) is 24.2 Å². The number of benzene rings is 1. The summed E-state index contributed by atoms with van der Waals surface area (Å²) >= 11 is 0. The standard InChI is InChI=1S/C17H25N5O3/c1-19-13-9-15(22(2)10-16(18)23)12(8-14(13)21-25)17(24)20-11-6-4-3-5-7-11/h8-9,11,19H,3-7,10H2,1-2H3,(H2,18,23)(H,20,24). The minimum absolute atomic E-state index is 0.0409. The van der Waals surface area contributed by atoms with Gasteiger partial charge in [-0.1, -0.05) is 19.3 Å². The molecule has 0 aromatic heterocycles. The Morgan fingerprint density at radius 3 is 2.52 bits per heavy atom. The van der Waals surface area contributed by atoms with Gasteiger partial charge in [-0.2, -0.15) is 0 Å². The monoisotopic (exact) mass is 347 g/mol. The Bertz CT molecular complexity index is 656. The van der Waals surface area contributed by atoms with Crippen LogP contribution in [0.1, 0.15) is 42.5 Å². The van der Waals surface area contributed by atoms with Crippen molar-refractivity contribution in [2.45, 2.75) is 38.1 Å². The van der Waals surface area contributed by atoms with Gasteiger partial charge in [0, 0.05) is 20.1 Å². The molecule has 0 unspecified atom stereocenters. The summed E-state index contributed by atoms with van der Waals surface area (Å²) in [5.41, 5.74) is 6.72. The Labute approximate surface area is 147 Å². The molecule has 1 aliphatic carbocycles. The van der Waals surface area contributed by atoms with Crippen molar-refractivity contribution in [3.63, 3.8) is 0 Å². The summed E-state index contributed by atoms with van der Waals surface area (Å²) < 4.78 is 0. The number of nitrogens with one attached hydrogen (secondary N) is 2. The van der Waals surface area contributed by atoms with Gasteiger partial charge >= 0.3 is 0 Å². The number of rotatable bonds is 7. The summed E-state index contributed by atoms with van der Waals surface area (Å²) in [5, 5.41) is 8.89. The summed E-state index contributed by atoms with van der Waals surface area (Å²) in [6.07, 6.45) is 5.28. The van der Waals surface area contributed by atoms with Crippen LogP contribution in [0.2, 0.25) is 0 Å². The lowest BCUT2D eigenvalue weighted by atomic mass is 9.95. The summed E-state index contributed by atoms with van der Waals surface area (Å²) in [5.74, 6) is -0.782. The fourth-order valence-electron chi connectivity index (χ4n) is 3.18. The van der Waals surface area contributed by atoms with Crippen LogP contribution in [0.25, 0.3) is 0 Å². The maximum Gasteiger partial charge on any atom is 0.253 e. The molecule has 25 heavy (non-hydrogen) atoms. The first-order valence-electron chi connectivity index (χ1n) is 8.45. The number of carbonyl (C=O) groups excluding carboxylic acids is 2. The first kappa shape index (κ1) is 18.7. The van der Waals surface area contributed by atoms with E-state index in [0.717, 1.165) is 25.7 Å². The largest absolute Gasteiger partial charge is 0.386 e. The summed E-state index contributed by atoms with van der Waals surface area (Å²) in [6, 6.07) is 3.21. The second-order valence-corrected chi connectivity index (χ2v) is 6.36. The molecular weight excluding hydrogens is 322 g/mol. The number of hydrogen-bond acceptors (Lipinski definition) is 6. The van der Waals surface area contributed by atoms with Crippen LogP contribution in [0.3, 0.4) is 0 Å². The Morgan fingerprint density at radius 2 is 1.96 bits per heavy atom. The highest BCUT2D eigenvalue weighted by molar-refractivity contribution is 6.02. The molecule has 2 amide bonds. The Morgan fingerprint density at radius 1 is 1.28 bits per heavy atom. The minimum atomic E-state index is -0.510. The second-order valence-electron chi connectivity index (χ2n) is 6.36. The fraction of sp³-hybridized carbons (Fsp3) is 0.529. The molecule has 8 heteroatoms. The van der Waals surface area contributed by atoms with Gasteiger partial charge < -0.3 is 21.3 Å². The number of carbonyl (C=O) groups is 2. The molecule has 136 valence electrons. The molecular formula is C17H25N5O3. The van der Waals surface area contributed by atoms with Gasteiger partial charge in [-0.05, 0) is 30.2 Å². The molecule has 0 radical (unpaired) electrons. The predicted octanol–water partition coefficient (Wildman–Crippen LogP) is 2.11. The van der Waals surface area contributed by atoms with Crippen LogP contribution in [0.5, 0.6) is 0 Å². The third-order valence-corrected chi connectivity index (χ3v) is 4.47. The van der Waals surface area contributed by atoms with Crippen LogP contribution in [0.15, 0.2) is 17.3 Å². The van der Waals surface area contributed by atoms with Gasteiger partial charge in [0.05, 0.1) is 23.5 Å². The summed E-state index contributed by atoms with van der Waals surface area (Å²) in [4.78, 5) is 36.7. The second kappa shape index (κ2) is 8.46. The van der Waals surface area contributed by atoms with Crippen molar-refractivity contribution in [3.05, 3.63) is 22.6 Å². The van der Waals surface area contributed by atoms with E-state index in [4.69, 9.17) is 5.73 Å². The minimum Gasteiger partial charge on any atom is -0.386 e. The van der Waals surface area contributed by atoms with Gasteiger partial charge in [-0.15, -0.1) is 4.91 Å². The van der Waals surface area contributed by atoms with Crippen molar-refractivity contribution >= 4 is 28.9 Å². The third-order valence-electron chi connectivity index (χ3n) is 4.47. The number of nitrogens with zero attached hydrogens (tertiary/aromatic N) is 2. The van der Waals surface area contributed by atoms with E-state index in [1.165, 1.54) is 12.5 Å². The van der Waals surface area contributed by atoms with E-state index in [0.29, 0.717) is 16.9 Å².